The second-order valence-corrected chi connectivity index (χ2v) is 5.92. The first-order valence-corrected chi connectivity index (χ1v) is 7.15. The lowest BCUT2D eigenvalue weighted by atomic mass is 10.0. The second kappa shape index (κ2) is 5.94. The third-order valence-corrected chi connectivity index (χ3v) is 4.11. The van der Waals surface area contributed by atoms with Crippen molar-refractivity contribution in [1.29, 1.82) is 0 Å². The summed E-state index contributed by atoms with van der Waals surface area (Å²) in [6.45, 7) is 4.09. The van der Waals surface area contributed by atoms with Crippen molar-refractivity contribution in [2.45, 2.75) is 32.2 Å². The van der Waals surface area contributed by atoms with Crippen molar-refractivity contribution in [2.75, 3.05) is 0 Å². The molecule has 0 aliphatic heterocycles. The van der Waals surface area contributed by atoms with Crippen LogP contribution in [0.2, 0.25) is 5.02 Å². The van der Waals surface area contributed by atoms with Crippen LogP contribution in [0.4, 0.5) is 4.39 Å². The lowest BCUT2D eigenvalue weighted by Crippen LogP contribution is -2.14. The van der Waals surface area contributed by atoms with Crippen LogP contribution < -0.4 is 5.73 Å². The van der Waals surface area contributed by atoms with Crippen LogP contribution in [0.25, 0.3) is 0 Å². The highest BCUT2D eigenvalue weighted by Crippen LogP contribution is 2.29. The van der Waals surface area contributed by atoms with E-state index in [1.54, 1.807) is 6.07 Å². The molecule has 0 saturated heterocycles. The van der Waals surface area contributed by atoms with Gasteiger partial charge in [0.05, 0.1) is 10.6 Å². The molecule has 3 nitrogen and oxygen atoms in total. The fourth-order valence-electron chi connectivity index (χ4n) is 1.89. The van der Waals surface area contributed by atoms with E-state index in [-0.39, 0.29) is 17.8 Å². The van der Waals surface area contributed by atoms with Gasteiger partial charge < -0.3 is 5.73 Å². The largest absolute Gasteiger partial charge is 0.323 e. The molecule has 102 valence electrons. The summed E-state index contributed by atoms with van der Waals surface area (Å²) in [5.74, 6) is -0.0408. The fourth-order valence-corrected chi connectivity index (χ4v) is 2.89. The molecule has 0 radical (unpaired) electrons. The Bertz CT molecular complexity index is 571. The highest BCUT2D eigenvalue weighted by atomic mass is 35.5. The summed E-state index contributed by atoms with van der Waals surface area (Å²) in [6, 6.07) is 4.04. The lowest BCUT2D eigenvalue weighted by molar-refractivity contribution is 0.621. The van der Waals surface area contributed by atoms with E-state index in [2.05, 4.69) is 9.59 Å². The Morgan fingerprint density at radius 2 is 2.16 bits per heavy atom. The maximum Gasteiger partial charge on any atom is 0.123 e. The Balaban J connectivity index is 2.23. The summed E-state index contributed by atoms with van der Waals surface area (Å²) in [5.41, 5.74) is 7.79. The van der Waals surface area contributed by atoms with E-state index in [0.29, 0.717) is 17.0 Å². The van der Waals surface area contributed by atoms with Gasteiger partial charge in [-0.15, -0.1) is 5.10 Å². The minimum Gasteiger partial charge on any atom is -0.323 e. The molecule has 0 spiro atoms. The number of aromatic nitrogens is 2. The van der Waals surface area contributed by atoms with Crippen LogP contribution >= 0.6 is 23.1 Å². The summed E-state index contributed by atoms with van der Waals surface area (Å²) in [7, 11) is 0. The Hall–Kier alpha value is -1.04. The van der Waals surface area contributed by atoms with E-state index in [0.717, 1.165) is 10.6 Å². The minimum atomic E-state index is -0.307. The van der Waals surface area contributed by atoms with Gasteiger partial charge in [0.2, 0.25) is 0 Å². The van der Waals surface area contributed by atoms with Crippen LogP contribution in [-0.4, -0.2) is 9.59 Å². The van der Waals surface area contributed by atoms with Crippen LogP contribution in [0.5, 0.6) is 0 Å². The van der Waals surface area contributed by atoms with E-state index >= 15 is 0 Å². The van der Waals surface area contributed by atoms with Crippen molar-refractivity contribution in [2.24, 2.45) is 5.73 Å². The Morgan fingerprint density at radius 1 is 1.42 bits per heavy atom. The van der Waals surface area contributed by atoms with E-state index in [4.69, 9.17) is 17.3 Å². The van der Waals surface area contributed by atoms with Gasteiger partial charge in [0.1, 0.15) is 5.82 Å². The zero-order chi connectivity index (χ0) is 14.0. The maximum absolute atomic E-state index is 13.2. The van der Waals surface area contributed by atoms with Gasteiger partial charge >= 0.3 is 0 Å². The Labute approximate surface area is 120 Å². The molecule has 0 bridgehead atoms. The van der Waals surface area contributed by atoms with E-state index < -0.39 is 0 Å². The molecule has 1 atom stereocenters. The van der Waals surface area contributed by atoms with Crippen molar-refractivity contribution in [1.82, 2.24) is 9.59 Å². The Morgan fingerprint density at radius 3 is 2.84 bits per heavy atom. The highest BCUT2D eigenvalue weighted by molar-refractivity contribution is 7.05. The SMILES string of the molecule is CC(C)c1nnsc1C(N)Cc1cc(F)ccc1Cl. The van der Waals surface area contributed by atoms with Gasteiger partial charge in [0, 0.05) is 11.1 Å². The van der Waals surface area contributed by atoms with Crippen LogP contribution in [0.3, 0.4) is 0 Å². The van der Waals surface area contributed by atoms with Gasteiger partial charge in [0.25, 0.3) is 0 Å². The minimum absolute atomic E-state index is 0.266. The molecule has 0 saturated carbocycles. The smallest absolute Gasteiger partial charge is 0.123 e. The second-order valence-electron chi connectivity index (χ2n) is 4.72. The average molecular weight is 300 g/mol. The molecular weight excluding hydrogens is 285 g/mol. The van der Waals surface area contributed by atoms with Crippen LogP contribution in [0.1, 0.15) is 41.9 Å². The third-order valence-electron chi connectivity index (χ3n) is 2.87. The first-order valence-electron chi connectivity index (χ1n) is 6.00. The quantitative estimate of drug-likeness (QED) is 0.936. The number of halogens is 2. The van der Waals surface area contributed by atoms with Crippen molar-refractivity contribution in [3.05, 3.63) is 45.2 Å². The van der Waals surface area contributed by atoms with E-state index in [9.17, 15) is 4.39 Å². The average Bonchev–Trinajstić information content (AvgIpc) is 2.83. The van der Waals surface area contributed by atoms with Crippen molar-refractivity contribution >= 4 is 23.1 Å². The van der Waals surface area contributed by atoms with Crippen LogP contribution in [0, 0.1) is 5.82 Å². The number of hydrogen-bond acceptors (Lipinski definition) is 4. The molecule has 0 aliphatic rings. The summed E-state index contributed by atoms with van der Waals surface area (Å²) in [4.78, 5) is 0.940. The molecule has 0 amide bonds. The highest BCUT2D eigenvalue weighted by Gasteiger charge is 2.19. The molecule has 2 rings (SSSR count). The monoisotopic (exact) mass is 299 g/mol. The summed E-state index contributed by atoms with van der Waals surface area (Å²) < 4.78 is 17.2. The van der Waals surface area contributed by atoms with Gasteiger partial charge in [-0.05, 0) is 47.6 Å². The first-order chi connectivity index (χ1) is 8.99. The molecule has 1 aromatic carbocycles. The molecule has 2 N–H and O–H groups in total. The standard InChI is InChI=1S/C13H15ClFN3S/c1-7(2)12-13(19-18-17-12)11(16)6-8-5-9(15)3-4-10(8)14/h3-5,7,11H,6,16H2,1-2H3. The lowest BCUT2D eigenvalue weighted by Gasteiger charge is -2.13. The van der Waals surface area contributed by atoms with E-state index in [1.165, 1.54) is 23.7 Å². The number of rotatable bonds is 4. The zero-order valence-corrected chi connectivity index (χ0v) is 12.3. The normalized spacial score (nSPS) is 12.9. The molecule has 2 aromatic rings. The molecule has 1 aromatic heterocycles. The predicted octanol–water partition coefficient (Wildman–Crippen LogP) is 3.70. The number of hydrogen-bond donors (Lipinski definition) is 1. The first kappa shape index (κ1) is 14.4. The predicted molar refractivity (Wildman–Crippen MR) is 76.0 cm³/mol. The number of nitrogens with zero attached hydrogens (tertiary/aromatic N) is 2. The number of benzene rings is 1. The molecule has 0 aliphatic carbocycles. The van der Waals surface area contributed by atoms with E-state index in [1.807, 2.05) is 13.8 Å². The maximum atomic E-state index is 13.2. The van der Waals surface area contributed by atoms with Crippen molar-refractivity contribution in [3.63, 3.8) is 0 Å². The van der Waals surface area contributed by atoms with Crippen molar-refractivity contribution in [3.8, 4) is 0 Å². The van der Waals surface area contributed by atoms with Crippen LogP contribution in [0.15, 0.2) is 18.2 Å². The van der Waals surface area contributed by atoms with Gasteiger partial charge in [-0.2, -0.15) is 0 Å². The third kappa shape index (κ3) is 3.29. The zero-order valence-electron chi connectivity index (χ0n) is 10.7. The Kier molecular flexibility index (Phi) is 4.50. The topological polar surface area (TPSA) is 51.8 Å². The molecule has 0 fully saturated rings. The summed E-state index contributed by atoms with van der Waals surface area (Å²) in [5, 5.41) is 4.63. The van der Waals surface area contributed by atoms with Gasteiger partial charge in [0.15, 0.2) is 0 Å². The van der Waals surface area contributed by atoms with Gasteiger partial charge in [-0.3, -0.25) is 0 Å². The molecule has 1 heterocycles. The van der Waals surface area contributed by atoms with Gasteiger partial charge in [-0.25, -0.2) is 4.39 Å². The summed E-state index contributed by atoms with van der Waals surface area (Å²) in [6.07, 6.45) is 0.472. The molecule has 6 heteroatoms. The molecular formula is C13H15ClFN3S. The fraction of sp³-hybridized carbons (Fsp3) is 0.385. The van der Waals surface area contributed by atoms with Crippen molar-refractivity contribution < 1.29 is 4.39 Å². The van der Waals surface area contributed by atoms with Crippen LogP contribution in [-0.2, 0) is 6.42 Å². The molecule has 1 unspecified atom stereocenters. The molecule has 19 heavy (non-hydrogen) atoms. The van der Waals surface area contributed by atoms with Gasteiger partial charge in [-0.1, -0.05) is 29.9 Å². The summed E-state index contributed by atoms with van der Waals surface area (Å²) >= 11 is 7.35. The number of nitrogens with two attached hydrogens (primary N) is 1.